The van der Waals surface area contributed by atoms with Gasteiger partial charge < -0.3 is 15.8 Å². The number of benzene rings is 1. The van der Waals surface area contributed by atoms with Crippen LogP contribution in [0, 0.1) is 0 Å². The fourth-order valence-electron chi connectivity index (χ4n) is 2.16. The van der Waals surface area contributed by atoms with Gasteiger partial charge in [-0.25, -0.2) is 0 Å². The summed E-state index contributed by atoms with van der Waals surface area (Å²) in [4.78, 5) is 2.24. The highest BCUT2D eigenvalue weighted by Crippen LogP contribution is 2.17. The molecule has 0 bridgehead atoms. The maximum absolute atomic E-state index is 8.94. The van der Waals surface area contributed by atoms with E-state index in [2.05, 4.69) is 24.0 Å². The van der Waals surface area contributed by atoms with Gasteiger partial charge in [-0.1, -0.05) is 55.3 Å². The van der Waals surface area contributed by atoms with Crippen molar-refractivity contribution in [2.75, 3.05) is 20.1 Å². The Labute approximate surface area is 115 Å². The molecule has 4 heteroatoms. The molecule has 0 radical (unpaired) electrons. The van der Waals surface area contributed by atoms with E-state index in [0.717, 1.165) is 18.7 Å². The third-order valence-corrected chi connectivity index (χ3v) is 3.31. The van der Waals surface area contributed by atoms with Gasteiger partial charge in [0, 0.05) is 6.54 Å². The van der Waals surface area contributed by atoms with E-state index in [1.807, 2.05) is 30.3 Å². The highest BCUT2D eigenvalue weighted by molar-refractivity contribution is 5.87. The average Bonchev–Trinajstić information content (AvgIpc) is 2.45. The molecule has 1 aromatic rings. The Balaban J connectivity index is 2.66. The molecule has 1 unspecified atom stereocenters. The molecule has 19 heavy (non-hydrogen) atoms. The summed E-state index contributed by atoms with van der Waals surface area (Å²) in [5.41, 5.74) is 6.91. The van der Waals surface area contributed by atoms with E-state index >= 15 is 0 Å². The minimum atomic E-state index is -0.0576. The SMILES string of the molecule is CCCCCN(C)CC(C(N)=NO)c1ccccc1. The lowest BCUT2D eigenvalue weighted by atomic mass is 9.97. The number of amidine groups is 1. The summed E-state index contributed by atoms with van der Waals surface area (Å²) in [6.07, 6.45) is 3.64. The smallest absolute Gasteiger partial charge is 0.147 e. The Hall–Kier alpha value is -1.55. The standard InChI is InChI=1S/C15H25N3O/c1-3-4-8-11-18(2)12-14(15(16)17-19)13-9-6-5-7-10-13/h5-7,9-10,14,19H,3-4,8,11-12H2,1-2H3,(H2,16,17). The Kier molecular flexibility index (Phi) is 6.97. The molecular weight excluding hydrogens is 238 g/mol. The second-order valence-electron chi connectivity index (χ2n) is 4.96. The molecule has 0 amide bonds. The Morgan fingerprint density at radius 3 is 2.58 bits per heavy atom. The molecule has 0 heterocycles. The van der Waals surface area contributed by atoms with Crippen LogP contribution in [0.25, 0.3) is 0 Å². The number of oxime groups is 1. The molecule has 3 N–H and O–H groups in total. The third-order valence-electron chi connectivity index (χ3n) is 3.31. The number of rotatable bonds is 8. The number of hydrogen-bond donors (Lipinski definition) is 2. The average molecular weight is 263 g/mol. The van der Waals surface area contributed by atoms with Crippen LogP contribution in [0.2, 0.25) is 0 Å². The molecule has 0 saturated carbocycles. The lowest BCUT2D eigenvalue weighted by molar-refractivity contribution is 0.302. The van der Waals surface area contributed by atoms with Gasteiger partial charge in [-0.2, -0.15) is 0 Å². The van der Waals surface area contributed by atoms with Gasteiger partial charge in [-0.05, 0) is 25.6 Å². The maximum Gasteiger partial charge on any atom is 0.147 e. The van der Waals surface area contributed by atoms with E-state index in [9.17, 15) is 0 Å². The topological polar surface area (TPSA) is 61.8 Å². The van der Waals surface area contributed by atoms with Crippen molar-refractivity contribution in [2.24, 2.45) is 10.9 Å². The van der Waals surface area contributed by atoms with Crippen molar-refractivity contribution in [1.82, 2.24) is 4.90 Å². The fourth-order valence-corrected chi connectivity index (χ4v) is 2.16. The molecule has 1 atom stereocenters. The molecule has 0 aliphatic carbocycles. The van der Waals surface area contributed by atoms with Crippen LogP contribution in [0.5, 0.6) is 0 Å². The highest BCUT2D eigenvalue weighted by Gasteiger charge is 2.18. The first-order chi connectivity index (χ1) is 9.19. The van der Waals surface area contributed by atoms with Crippen molar-refractivity contribution in [3.63, 3.8) is 0 Å². The van der Waals surface area contributed by atoms with Crippen molar-refractivity contribution < 1.29 is 5.21 Å². The third kappa shape index (κ3) is 5.30. The number of likely N-dealkylation sites (N-methyl/N-ethyl adjacent to an activating group) is 1. The van der Waals surface area contributed by atoms with E-state index in [-0.39, 0.29) is 11.8 Å². The molecule has 0 saturated heterocycles. The predicted molar refractivity (Wildman–Crippen MR) is 79.6 cm³/mol. The molecule has 1 rings (SSSR count). The summed E-state index contributed by atoms with van der Waals surface area (Å²) in [5.74, 6) is 0.214. The molecule has 0 fully saturated rings. The van der Waals surface area contributed by atoms with Crippen molar-refractivity contribution in [1.29, 1.82) is 0 Å². The van der Waals surface area contributed by atoms with E-state index in [1.165, 1.54) is 19.3 Å². The van der Waals surface area contributed by atoms with Crippen molar-refractivity contribution in [3.8, 4) is 0 Å². The van der Waals surface area contributed by atoms with Crippen LogP contribution in [-0.2, 0) is 0 Å². The second-order valence-corrected chi connectivity index (χ2v) is 4.96. The summed E-state index contributed by atoms with van der Waals surface area (Å²) >= 11 is 0. The van der Waals surface area contributed by atoms with Crippen molar-refractivity contribution in [2.45, 2.75) is 32.1 Å². The molecular formula is C15H25N3O. The zero-order chi connectivity index (χ0) is 14.1. The quantitative estimate of drug-likeness (QED) is 0.249. The van der Waals surface area contributed by atoms with Crippen LogP contribution in [0.4, 0.5) is 0 Å². The summed E-state index contributed by atoms with van der Waals surface area (Å²) < 4.78 is 0. The Morgan fingerprint density at radius 2 is 2.00 bits per heavy atom. The van der Waals surface area contributed by atoms with Crippen LogP contribution < -0.4 is 5.73 Å². The zero-order valence-corrected chi connectivity index (χ0v) is 11.9. The second kappa shape index (κ2) is 8.53. The van der Waals surface area contributed by atoms with Gasteiger partial charge in [0.05, 0.1) is 5.92 Å². The minimum Gasteiger partial charge on any atom is -0.409 e. The summed E-state index contributed by atoms with van der Waals surface area (Å²) in [6, 6.07) is 9.96. The zero-order valence-electron chi connectivity index (χ0n) is 11.9. The van der Waals surface area contributed by atoms with Crippen LogP contribution in [0.15, 0.2) is 35.5 Å². The largest absolute Gasteiger partial charge is 0.409 e. The van der Waals surface area contributed by atoms with Gasteiger partial charge >= 0.3 is 0 Å². The van der Waals surface area contributed by atoms with Gasteiger partial charge in [-0.3, -0.25) is 0 Å². The first kappa shape index (κ1) is 15.5. The van der Waals surface area contributed by atoms with E-state index in [1.54, 1.807) is 0 Å². The highest BCUT2D eigenvalue weighted by atomic mass is 16.4. The van der Waals surface area contributed by atoms with E-state index < -0.39 is 0 Å². The summed E-state index contributed by atoms with van der Waals surface area (Å²) in [7, 11) is 2.08. The first-order valence-corrected chi connectivity index (χ1v) is 6.90. The molecule has 106 valence electrons. The van der Waals surface area contributed by atoms with Gasteiger partial charge in [0.2, 0.25) is 0 Å². The number of hydrogen-bond acceptors (Lipinski definition) is 3. The van der Waals surface area contributed by atoms with Gasteiger partial charge in [-0.15, -0.1) is 0 Å². The minimum absolute atomic E-state index is 0.0576. The van der Waals surface area contributed by atoms with Gasteiger partial charge in [0.1, 0.15) is 5.84 Å². The lowest BCUT2D eigenvalue weighted by Gasteiger charge is -2.23. The van der Waals surface area contributed by atoms with E-state index in [4.69, 9.17) is 10.9 Å². The normalized spacial score (nSPS) is 13.7. The molecule has 0 aromatic heterocycles. The fraction of sp³-hybridized carbons (Fsp3) is 0.533. The molecule has 1 aromatic carbocycles. The van der Waals surface area contributed by atoms with Gasteiger partial charge in [0.15, 0.2) is 0 Å². The van der Waals surface area contributed by atoms with Crippen LogP contribution in [0.3, 0.4) is 0 Å². The van der Waals surface area contributed by atoms with Crippen LogP contribution >= 0.6 is 0 Å². The van der Waals surface area contributed by atoms with Crippen LogP contribution in [0.1, 0.15) is 37.7 Å². The van der Waals surface area contributed by atoms with Crippen LogP contribution in [-0.4, -0.2) is 36.1 Å². The van der Waals surface area contributed by atoms with Gasteiger partial charge in [0.25, 0.3) is 0 Å². The molecule has 0 aliphatic rings. The predicted octanol–water partition coefficient (Wildman–Crippen LogP) is 2.64. The van der Waals surface area contributed by atoms with Crippen molar-refractivity contribution >= 4 is 5.84 Å². The number of nitrogens with zero attached hydrogens (tertiary/aromatic N) is 2. The first-order valence-electron chi connectivity index (χ1n) is 6.90. The number of nitrogens with two attached hydrogens (primary N) is 1. The molecule has 4 nitrogen and oxygen atoms in total. The Morgan fingerprint density at radius 1 is 1.32 bits per heavy atom. The van der Waals surface area contributed by atoms with Crippen molar-refractivity contribution in [3.05, 3.63) is 35.9 Å². The lowest BCUT2D eigenvalue weighted by Crippen LogP contribution is -2.33. The Bertz CT molecular complexity index is 378. The monoisotopic (exact) mass is 263 g/mol. The maximum atomic E-state index is 8.94. The van der Waals surface area contributed by atoms with E-state index in [0.29, 0.717) is 0 Å². The summed E-state index contributed by atoms with van der Waals surface area (Å²) in [5, 5.41) is 12.1. The summed E-state index contributed by atoms with van der Waals surface area (Å²) in [6.45, 7) is 4.00. The molecule has 0 spiro atoms. The number of unbranched alkanes of at least 4 members (excludes halogenated alkanes) is 2. The molecule has 0 aliphatic heterocycles.